The first-order valence-electron chi connectivity index (χ1n) is 10.3. The highest BCUT2D eigenvalue weighted by Gasteiger charge is 2.44. The first kappa shape index (κ1) is 18.5. The Kier molecular flexibility index (Phi) is 4.74. The highest BCUT2D eigenvalue weighted by Crippen LogP contribution is 2.34. The number of fused-ring (bicyclic) bond motifs is 1. The van der Waals surface area contributed by atoms with Crippen LogP contribution in [0.25, 0.3) is 0 Å². The first-order chi connectivity index (χ1) is 12.9. The van der Waals surface area contributed by atoms with Crippen molar-refractivity contribution in [3.8, 4) is 0 Å². The average Bonchev–Trinajstić information content (AvgIpc) is 3.27. The number of nitrogens with one attached hydrogen (secondary N) is 1. The molecule has 1 aromatic heterocycles. The van der Waals surface area contributed by atoms with Crippen molar-refractivity contribution in [2.75, 3.05) is 19.6 Å². The third-order valence-electron chi connectivity index (χ3n) is 6.34. The topological polar surface area (TPSA) is 70.5 Å². The molecule has 2 aliphatic heterocycles. The van der Waals surface area contributed by atoms with Gasteiger partial charge in [-0.05, 0) is 65.3 Å². The third-order valence-corrected chi connectivity index (χ3v) is 6.34. The Morgan fingerprint density at radius 1 is 1.15 bits per heavy atom. The minimum atomic E-state index is -0.778. The summed E-state index contributed by atoms with van der Waals surface area (Å²) in [6, 6.07) is 0.0971. The van der Waals surface area contributed by atoms with E-state index in [9.17, 15) is 9.59 Å². The zero-order chi connectivity index (χ0) is 19.2. The van der Waals surface area contributed by atoms with Crippen LogP contribution in [0.3, 0.4) is 0 Å². The highest BCUT2D eigenvalue weighted by atomic mass is 16.2. The van der Waals surface area contributed by atoms with Gasteiger partial charge < -0.3 is 9.88 Å². The van der Waals surface area contributed by atoms with Gasteiger partial charge in [-0.25, -0.2) is 9.78 Å². The number of urea groups is 1. The van der Waals surface area contributed by atoms with E-state index in [0.717, 1.165) is 38.8 Å². The number of amides is 3. The molecule has 0 spiro atoms. The summed E-state index contributed by atoms with van der Waals surface area (Å²) in [5, 5.41) is 2.75. The molecule has 0 saturated carbocycles. The summed E-state index contributed by atoms with van der Waals surface area (Å²) in [7, 11) is 2.16. The molecule has 7 nitrogen and oxygen atoms in total. The SMILES string of the molecule is Cn1c(C2CCCN2CCCN2C(=O)NC(C)(C)C2=O)nc2c1CCCC2. The third kappa shape index (κ3) is 3.26. The highest BCUT2D eigenvalue weighted by molar-refractivity contribution is 6.06. The van der Waals surface area contributed by atoms with Gasteiger partial charge in [-0.15, -0.1) is 0 Å². The van der Waals surface area contributed by atoms with E-state index in [1.807, 2.05) is 0 Å². The second-order valence-electron chi connectivity index (χ2n) is 8.69. The Labute approximate surface area is 161 Å². The maximum Gasteiger partial charge on any atom is 0.325 e. The van der Waals surface area contributed by atoms with E-state index in [4.69, 9.17) is 4.98 Å². The van der Waals surface area contributed by atoms with E-state index in [0.29, 0.717) is 12.6 Å². The van der Waals surface area contributed by atoms with Gasteiger partial charge in [0.25, 0.3) is 5.91 Å². The van der Waals surface area contributed by atoms with Crippen LogP contribution in [0.2, 0.25) is 0 Å². The standard InChI is InChI=1S/C20H31N5O2/c1-20(2)18(26)25(19(27)22-20)13-7-12-24-11-6-10-16(24)17-21-14-8-4-5-9-15(14)23(17)3/h16H,4-13H2,1-3H3,(H,22,27). The fourth-order valence-electron chi connectivity index (χ4n) is 4.84. The minimum Gasteiger partial charge on any atom is -0.334 e. The second-order valence-corrected chi connectivity index (χ2v) is 8.69. The molecule has 1 aliphatic carbocycles. The van der Waals surface area contributed by atoms with Crippen molar-refractivity contribution >= 4 is 11.9 Å². The molecular weight excluding hydrogens is 342 g/mol. The first-order valence-corrected chi connectivity index (χ1v) is 10.3. The van der Waals surface area contributed by atoms with Crippen LogP contribution in [0.5, 0.6) is 0 Å². The maximum absolute atomic E-state index is 12.3. The van der Waals surface area contributed by atoms with Crippen molar-refractivity contribution in [1.82, 2.24) is 24.7 Å². The zero-order valence-corrected chi connectivity index (χ0v) is 16.8. The lowest BCUT2D eigenvalue weighted by molar-refractivity contribution is -0.130. The number of rotatable bonds is 5. The largest absolute Gasteiger partial charge is 0.334 e. The van der Waals surface area contributed by atoms with Gasteiger partial charge in [0, 0.05) is 25.8 Å². The van der Waals surface area contributed by atoms with Crippen molar-refractivity contribution in [3.05, 3.63) is 17.2 Å². The number of imidazole rings is 1. The van der Waals surface area contributed by atoms with Gasteiger partial charge in [0.05, 0.1) is 11.7 Å². The number of likely N-dealkylation sites (tertiary alicyclic amines) is 1. The molecule has 2 saturated heterocycles. The molecule has 1 atom stereocenters. The van der Waals surface area contributed by atoms with E-state index in [-0.39, 0.29) is 11.9 Å². The summed E-state index contributed by atoms with van der Waals surface area (Å²) in [5.41, 5.74) is 1.94. The van der Waals surface area contributed by atoms with Gasteiger partial charge in [-0.3, -0.25) is 14.6 Å². The molecule has 27 heavy (non-hydrogen) atoms. The summed E-state index contributed by atoms with van der Waals surface area (Å²) in [6.45, 7) is 5.95. The van der Waals surface area contributed by atoms with Crippen LogP contribution in [-0.2, 0) is 24.7 Å². The lowest BCUT2D eigenvalue weighted by Crippen LogP contribution is -2.40. The molecular formula is C20H31N5O2. The van der Waals surface area contributed by atoms with Crippen LogP contribution in [0.15, 0.2) is 0 Å². The molecule has 3 heterocycles. The lowest BCUT2D eigenvalue weighted by Gasteiger charge is -2.25. The number of carbonyl (C=O) groups is 2. The Morgan fingerprint density at radius 3 is 2.63 bits per heavy atom. The molecule has 3 aliphatic rings. The van der Waals surface area contributed by atoms with Crippen LogP contribution in [0.1, 0.15) is 69.2 Å². The van der Waals surface area contributed by atoms with Crippen molar-refractivity contribution in [3.63, 3.8) is 0 Å². The van der Waals surface area contributed by atoms with Gasteiger partial charge in [-0.2, -0.15) is 0 Å². The monoisotopic (exact) mass is 373 g/mol. The molecule has 2 fully saturated rings. The van der Waals surface area contributed by atoms with Gasteiger partial charge in [0.2, 0.25) is 0 Å². The summed E-state index contributed by atoms with van der Waals surface area (Å²) in [5.74, 6) is 1.08. The predicted octanol–water partition coefficient (Wildman–Crippen LogP) is 2.16. The molecule has 0 bridgehead atoms. The fourth-order valence-corrected chi connectivity index (χ4v) is 4.84. The minimum absolute atomic E-state index is 0.123. The molecule has 4 rings (SSSR count). The molecule has 0 radical (unpaired) electrons. The maximum atomic E-state index is 12.3. The van der Waals surface area contributed by atoms with Gasteiger partial charge in [0.1, 0.15) is 11.4 Å². The van der Waals surface area contributed by atoms with E-state index >= 15 is 0 Å². The molecule has 1 N–H and O–H groups in total. The second kappa shape index (κ2) is 6.93. The quantitative estimate of drug-likeness (QED) is 0.803. The molecule has 1 aromatic rings. The van der Waals surface area contributed by atoms with E-state index < -0.39 is 5.54 Å². The van der Waals surface area contributed by atoms with Crippen LogP contribution < -0.4 is 5.32 Å². The van der Waals surface area contributed by atoms with Crippen LogP contribution in [-0.4, -0.2) is 56.5 Å². The van der Waals surface area contributed by atoms with Crippen molar-refractivity contribution in [2.24, 2.45) is 7.05 Å². The number of hydrogen-bond acceptors (Lipinski definition) is 4. The fraction of sp³-hybridized carbons (Fsp3) is 0.750. The van der Waals surface area contributed by atoms with Gasteiger partial charge in [-0.1, -0.05) is 0 Å². The summed E-state index contributed by atoms with van der Waals surface area (Å²) >= 11 is 0. The summed E-state index contributed by atoms with van der Waals surface area (Å²) < 4.78 is 2.33. The number of aryl methyl sites for hydroxylation is 1. The average molecular weight is 374 g/mol. The van der Waals surface area contributed by atoms with Crippen molar-refractivity contribution in [2.45, 2.75) is 70.4 Å². The van der Waals surface area contributed by atoms with Crippen LogP contribution in [0.4, 0.5) is 4.79 Å². The van der Waals surface area contributed by atoms with E-state index in [2.05, 4.69) is 21.8 Å². The number of carbonyl (C=O) groups excluding carboxylic acids is 2. The lowest BCUT2D eigenvalue weighted by atomic mass is 10.0. The Balaban J connectivity index is 1.39. The number of imide groups is 1. The predicted molar refractivity (Wildman–Crippen MR) is 102 cm³/mol. The Morgan fingerprint density at radius 2 is 1.93 bits per heavy atom. The zero-order valence-electron chi connectivity index (χ0n) is 16.8. The Hall–Kier alpha value is -1.89. The molecule has 0 aromatic carbocycles. The molecule has 148 valence electrons. The molecule has 1 unspecified atom stereocenters. The van der Waals surface area contributed by atoms with E-state index in [1.54, 1.807) is 13.8 Å². The van der Waals surface area contributed by atoms with Crippen LogP contribution in [0, 0.1) is 0 Å². The number of hydrogen-bond donors (Lipinski definition) is 1. The Bertz CT molecular complexity index is 754. The van der Waals surface area contributed by atoms with Gasteiger partial charge >= 0.3 is 6.03 Å². The summed E-state index contributed by atoms with van der Waals surface area (Å²) in [6.07, 6.45) is 7.89. The number of nitrogens with zero attached hydrogens (tertiary/aromatic N) is 4. The smallest absolute Gasteiger partial charge is 0.325 e. The summed E-state index contributed by atoms with van der Waals surface area (Å²) in [4.78, 5) is 33.2. The number of aromatic nitrogens is 2. The molecule has 3 amide bonds. The van der Waals surface area contributed by atoms with Crippen molar-refractivity contribution in [1.29, 1.82) is 0 Å². The van der Waals surface area contributed by atoms with Crippen molar-refractivity contribution < 1.29 is 9.59 Å². The van der Waals surface area contributed by atoms with Gasteiger partial charge in [0.15, 0.2) is 0 Å². The normalized spacial score (nSPS) is 25.1. The van der Waals surface area contributed by atoms with Crippen LogP contribution >= 0.6 is 0 Å². The van der Waals surface area contributed by atoms with E-state index in [1.165, 1.54) is 41.4 Å². The molecule has 7 heteroatoms.